The van der Waals surface area contributed by atoms with Crippen LogP contribution in [0.25, 0.3) is 0 Å². The molecule has 3 aliphatic heterocycles. The van der Waals surface area contributed by atoms with Gasteiger partial charge in [0.2, 0.25) is 5.91 Å². The summed E-state index contributed by atoms with van der Waals surface area (Å²) in [7, 11) is 0. The molecule has 0 radical (unpaired) electrons. The Labute approximate surface area is 180 Å². The van der Waals surface area contributed by atoms with Crippen molar-refractivity contribution in [2.24, 2.45) is 11.3 Å². The first-order valence-corrected chi connectivity index (χ1v) is 10.9. The zero-order valence-corrected chi connectivity index (χ0v) is 17.9. The number of anilines is 2. The highest BCUT2D eigenvalue weighted by Crippen LogP contribution is 2.58. The highest BCUT2D eigenvalue weighted by Gasteiger charge is 2.65. The van der Waals surface area contributed by atoms with Crippen molar-refractivity contribution in [1.82, 2.24) is 5.32 Å². The van der Waals surface area contributed by atoms with Crippen LogP contribution in [0.1, 0.15) is 26.7 Å². The van der Waals surface area contributed by atoms with E-state index in [9.17, 15) is 9.59 Å². The minimum atomic E-state index is -0.540. The molecule has 4 aliphatic rings. The highest BCUT2D eigenvalue weighted by molar-refractivity contribution is 5.90. The summed E-state index contributed by atoms with van der Waals surface area (Å²) in [5.41, 5.74) is 0.784. The fraction of sp³-hybridized carbons (Fsp3) is 0.636. The van der Waals surface area contributed by atoms with Gasteiger partial charge >= 0.3 is 6.09 Å². The smallest absolute Gasteiger partial charge is 0.414 e. The Kier molecular flexibility index (Phi) is 4.86. The molecular formula is C22H28FN3O5. The van der Waals surface area contributed by atoms with Crippen LogP contribution >= 0.6 is 0 Å². The van der Waals surface area contributed by atoms with Gasteiger partial charge in [0.15, 0.2) is 5.79 Å². The van der Waals surface area contributed by atoms with Gasteiger partial charge in [0.25, 0.3) is 0 Å². The van der Waals surface area contributed by atoms with Gasteiger partial charge in [-0.2, -0.15) is 0 Å². The summed E-state index contributed by atoms with van der Waals surface area (Å²) in [6, 6.07) is 4.86. The van der Waals surface area contributed by atoms with Gasteiger partial charge in [0, 0.05) is 31.3 Å². The molecule has 168 valence electrons. The van der Waals surface area contributed by atoms with Gasteiger partial charge in [-0.3, -0.25) is 9.69 Å². The van der Waals surface area contributed by atoms with Crippen LogP contribution in [0, 0.1) is 17.2 Å². The van der Waals surface area contributed by atoms with Gasteiger partial charge in [0.1, 0.15) is 11.9 Å². The molecule has 1 N–H and O–H groups in total. The van der Waals surface area contributed by atoms with Gasteiger partial charge in [0.05, 0.1) is 37.7 Å². The summed E-state index contributed by atoms with van der Waals surface area (Å²) < 4.78 is 32.7. The third kappa shape index (κ3) is 3.25. The van der Waals surface area contributed by atoms with Gasteiger partial charge in [-0.05, 0) is 31.0 Å². The van der Waals surface area contributed by atoms with Crippen LogP contribution in [-0.4, -0.2) is 63.3 Å². The lowest BCUT2D eigenvalue weighted by molar-refractivity contribution is -0.245. The van der Waals surface area contributed by atoms with Crippen molar-refractivity contribution >= 4 is 23.4 Å². The summed E-state index contributed by atoms with van der Waals surface area (Å²) >= 11 is 0. The van der Waals surface area contributed by atoms with E-state index in [4.69, 9.17) is 14.2 Å². The van der Waals surface area contributed by atoms with E-state index < -0.39 is 18.0 Å². The lowest BCUT2D eigenvalue weighted by atomic mass is 9.77. The minimum absolute atomic E-state index is 0.187. The van der Waals surface area contributed by atoms with Crippen LogP contribution in [0.4, 0.5) is 20.6 Å². The van der Waals surface area contributed by atoms with Crippen molar-refractivity contribution < 1.29 is 28.2 Å². The Balaban J connectivity index is 1.32. The molecule has 1 aliphatic carbocycles. The summed E-state index contributed by atoms with van der Waals surface area (Å²) in [4.78, 5) is 26.8. The molecule has 0 aromatic heterocycles. The molecule has 2 amide bonds. The first-order chi connectivity index (χ1) is 14.8. The number of hydrogen-bond donors (Lipinski definition) is 1. The van der Waals surface area contributed by atoms with Gasteiger partial charge in [-0.25, -0.2) is 9.18 Å². The molecule has 8 nitrogen and oxygen atoms in total. The van der Waals surface area contributed by atoms with Crippen molar-refractivity contribution in [3.8, 4) is 0 Å². The van der Waals surface area contributed by atoms with Crippen LogP contribution in [0.2, 0.25) is 0 Å². The average Bonchev–Trinajstić information content (AvgIpc) is 3.38. The van der Waals surface area contributed by atoms with E-state index in [0.717, 1.165) is 12.8 Å². The van der Waals surface area contributed by atoms with E-state index in [0.29, 0.717) is 37.7 Å². The third-order valence-electron chi connectivity index (χ3n) is 7.16. The normalized spacial score (nSPS) is 31.4. The van der Waals surface area contributed by atoms with Crippen LogP contribution in [0.5, 0.6) is 0 Å². The van der Waals surface area contributed by atoms with E-state index >= 15 is 4.39 Å². The number of rotatable bonds is 4. The number of hydrogen-bond acceptors (Lipinski definition) is 6. The molecule has 5 rings (SSSR count). The van der Waals surface area contributed by atoms with Crippen molar-refractivity contribution in [1.29, 1.82) is 0 Å². The van der Waals surface area contributed by atoms with Crippen molar-refractivity contribution in [3.05, 3.63) is 24.0 Å². The quantitative estimate of drug-likeness (QED) is 0.785. The SMILES string of the molecule is CC(=O)NC[C@H]1CN(c2ccc(N3CC4CCC(C)(C3)C43OCCO3)c(F)c2)C(=O)O1. The number of ether oxygens (including phenoxy) is 3. The van der Waals surface area contributed by atoms with E-state index in [1.807, 2.05) is 0 Å². The standard InChI is InChI=1S/C22H28FN3O5/c1-14(27)24-10-17-12-26(20(28)31-17)16-3-4-19(18(23)9-16)25-11-15-5-6-21(2,13-25)22(15)29-7-8-30-22/h3-4,9,15,17H,5-8,10-13H2,1-2H3,(H,24,27)/t15?,17-,21?/m0/s1. The zero-order valence-electron chi connectivity index (χ0n) is 17.9. The van der Waals surface area contributed by atoms with Crippen LogP contribution in [0.15, 0.2) is 18.2 Å². The third-order valence-corrected chi connectivity index (χ3v) is 7.16. The fourth-order valence-electron chi connectivity index (χ4n) is 5.71. The average molecular weight is 433 g/mol. The largest absolute Gasteiger partial charge is 0.442 e. The first-order valence-electron chi connectivity index (χ1n) is 10.9. The molecule has 3 saturated heterocycles. The Hall–Kier alpha value is -2.39. The molecule has 1 saturated carbocycles. The lowest BCUT2D eigenvalue weighted by Crippen LogP contribution is -2.60. The second-order valence-electron chi connectivity index (χ2n) is 9.23. The van der Waals surface area contributed by atoms with Gasteiger partial charge in [-0.1, -0.05) is 6.92 Å². The Morgan fingerprint density at radius 2 is 2.06 bits per heavy atom. The second-order valence-corrected chi connectivity index (χ2v) is 9.23. The van der Waals surface area contributed by atoms with E-state index in [-0.39, 0.29) is 36.1 Å². The lowest BCUT2D eigenvalue weighted by Gasteiger charge is -2.50. The summed E-state index contributed by atoms with van der Waals surface area (Å²) in [6.45, 7) is 6.64. The molecule has 1 spiro atoms. The molecule has 2 unspecified atom stereocenters. The van der Waals surface area contributed by atoms with Crippen molar-refractivity contribution in [3.63, 3.8) is 0 Å². The predicted octanol–water partition coefficient (Wildman–Crippen LogP) is 2.27. The summed E-state index contributed by atoms with van der Waals surface area (Å²) in [6.07, 6.45) is 0.994. The highest BCUT2D eigenvalue weighted by atomic mass is 19.1. The van der Waals surface area contributed by atoms with Crippen molar-refractivity contribution in [2.45, 2.75) is 38.6 Å². The maximum Gasteiger partial charge on any atom is 0.414 e. The van der Waals surface area contributed by atoms with Crippen LogP contribution in [0.3, 0.4) is 0 Å². The number of halogens is 1. The Morgan fingerprint density at radius 1 is 1.29 bits per heavy atom. The number of carbonyl (C=O) groups excluding carboxylic acids is 2. The number of piperidine rings is 1. The number of carbonyl (C=O) groups is 2. The predicted molar refractivity (Wildman–Crippen MR) is 110 cm³/mol. The molecule has 3 atom stereocenters. The maximum absolute atomic E-state index is 15.2. The topological polar surface area (TPSA) is 80.3 Å². The van der Waals surface area contributed by atoms with Crippen LogP contribution < -0.4 is 15.1 Å². The van der Waals surface area contributed by atoms with Gasteiger partial charge in [-0.15, -0.1) is 0 Å². The van der Waals surface area contributed by atoms with Crippen LogP contribution in [-0.2, 0) is 19.0 Å². The van der Waals surface area contributed by atoms with Crippen molar-refractivity contribution in [2.75, 3.05) is 49.2 Å². The molecule has 1 aromatic carbocycles. The molecule has 2 bridgehead atoms. The molecule has 1 aromatic rings. The van der Waals surface area contributed by atoms with E-state index in [1.54, 1.807) is 12.1 Å². The maximum atomic E-state index is 15.2. The number of nitrogens with one attached hydrogen (secondary N) is 1. The second kappa shape index (κ2) is 7.34. The Morgan fingerprint density at radius 3 is 2.74 bits per heavy atom. The number of amides is 2. The molecule has 3 heterocycles. The fourth-order valence-corrected chi connectivity index (χ4v) is 5.71. The van der Waals surface area contributed by atoms with E-state index in [1.165, 1.54) is 17.9 Å². The summed E-state index contributed by atoms with van der Waals surface area (Å²) in [5.74, 6) is -0.898. The van der Waals surface area contributed by atoms with E-state index in [2.05, 4.69) is 17.1 Å². The summed E-state index contributed by atoms with van der Waals surface area (Å²) in [5, 5.41) is 2.64. The minimum Gasteiger partial charge on any atom is -0.442 e. The molecular weight excluding hydrogens is 405 g/mol. The first kappa shape index (κ1) is 20.5. The number of cyclic esters (lactones) is 1. The monoisotopic (exact) mass is 433 g/mol. The zero-order chi connectivity index (χ0) is 21.8. The molecule has 31 heavy (non-hydrogen) atoms. The van der Waals surface area contributed by atoms with Gasteiger partial charge < -0.3 is 24.4 Å². The number of benzene rings is 1. The molecule has 9 heteroatoms. The number of nitrogens with zero attached hydrogens (tertiary/aromatic N) is 2. The molecule has 4 fully saturated rings. The Bertz CT molecular complexity index is 905.